The summed E-state index contributed by atoms with van der Waals surface area (Å²) in [4.78, 5) is 16.2. The molecule has 1 fully saturated rings. The first-order chi connectivity index (χ1) is 10.2. The minimum atomic E-state index is -0.370. The Labute approximate surface area is 121 Å². The molecular weight excluding hydrogens is 273 g/mol. The number of nitrogens with zero attached hydrogens (tertiary/aromatic N) is 2. The Morgan fingerprint density at radius 2 is 2.00 bits per heavy atom. The van der Waals surface area contributed by atoms with Crippen molar-refractivity contribution in [2.45, 2.75) is 38.1 Å². The van der Waals surface area contributed by atoms with Gasteiger partial charge in [-0.25, -0.2) is 4.39 Å². The van der Waals surface area contributed by atoms with Crippen molar-refractivity contribution in [3.8, 4) is 0 Å². The number of rotatable bonds is 4. The molecule has 0 unspecified atom stereocenters. The molecule has 1 amide bonds. The van der Waals surface area contributed by atoms with Crippen LogP contribution in [0.1, 0.15) is 53.7 Å². The van der Waals surface area contributed by atoms with Crippen molar-refractivity contribution in [3.05, 3.63) is 47.4 Å². The molecule has 0 saturated heterocycles. The highest BCUT2D eigenvalue weighted by Crippen LogP contribution is 2.32. The molecule has 1 aliphatic rings. The van der Waals surface area contributed by atoms with E-state index in [0.29, 0.717) is 23.2 Å². The maximum Gasteiger partial charge on any atom is 0.251 e. The van der Waals surface area contributed by atoms with E-state index in [1.807, 2.05) is 0 Å². The average molecular weight is 289 g/mol. The van der Waals surface area contributed by atoms with Crippen LogP contribution in [0.2, 0.25) is 0 Å². The molecule has 0 spiro atoms. The van der Waals surface area contributed by atoms with Gasteiger partial charge in [0.1, 0.15) is 5.82 Å². The van der Waals surface area contributed by atoms with Gasteiger partial charge in [0.25, 0.3) is 5.91 Å². The number of carbonyl (C=O) groups excluding carboxylic acids is 1. The van der Waals surface area contributed by atoms with Crippen molar-refractivity contribution in [1.29, 1.82) is 0 Å². The molecule has 0 aliphatic heterocycles. The average Bonchev–Trinajstić information content (AvgIpc) is 3.16. The molecule has 0 atom stereocenters. The second-order valence-corrected chi connectivity index (χ2v) is 5.22. The number of benzene rings is 1. The first-order valence-corrected chi connectivity index (χ1v) is 7.08. The second-order valence-electron chi connectivity index (χ2n) is 5.22. The lowest BCUT2D eigenvalue weighted by Gasteiger charge is -2.02. The predicted molar refractivity (Wildman–Crippen MR) is 73.1 cm³/mol. The maximum absolute atomic E-state index is 12.8. The van der Waals surface area contributed by atoms with Crippen LogP contribution in [0.15, 0.2) is 28.8 Å². The van der Waals surface area contributed by atoms with Crippen LogP contribution >= 0.6 is 0 Å². The molecule has 1 aliphatic carbocycles. The lowest BCUT2D eigenvalue weighted by Crippen LogP contribution is -2.23. The van der Waals surface area contributed by atoms with Gasteiger partial charge in [0, 0.05) is 11.5 Å². The molecule has 1 N–H and O–H groups in total. The van der Waals surface area contributed by atoms with Crippen molar-refractivity contribution in [2.24, 2.45) is 0 Å². The highest BCUT2D eigenvalue weighted by atomic mass is 19.1. The van der Waals surface area contributed by atoms with Crippen molar-refractivity contribution in [3.63, 3.8) is 0 Å². The lowest BCUT2D eigenvalue weighted by atomic mass is 10.1. The second kappa shape index (κ2) is 6.03. The topological polar surface area (TPSA) is 68.0 Å². The van der Waals surface area contributed by atoms with Gasteiger partial charge in [-0.05, 0) is 37.1 Å². The third kappa shape index (κ3) is 3.26. The third-order valence-electron chi connectivity index (χ3n) is 3.70. The molecule has 5 nitrogen and oxygen atoms in total. The maximum atomic E-state index is 12.8. The number of halogens is 1. The van der Waals surface area contributed by atoms with Crippen LogP contribution < -0.4 is 5.32 Å². The molecule has 1 heterocycles. The lowest BCUT2D eigenvalue weighted by molar-refractivity contribution is 0.0949. The van der Waals surface area contributed by atoms with E-state index < -0.39 is 0 Å². The van der Waals surface area contributed by atoms with Gasteiger partial charge in [0.15, 0.2) is 5.82 Å². The highest BCUT2D eigenvalue weighted by Gasteiger charge is 2.22. The summed E-state index contributed by atoms with van der Waals surface area (Å²) in [6.45, 7) is 0.201. The van der Waals surface area contributed by atoms with E-state index in [1.165, 1.54) is 37.1 Å². The number of carbonyl (C=O) groups is 1. The predicted octanol–water partition coefficient (Wildman–Crippen LogP) is 2.80. The number of hydrogen-bond acceptors (Lipinski definition) is 4. The molecule has 0 bridgehead atoms. The van der Waals surface area contributed by atoms with Crippen LogP contribution in [0.25, 0.3) is 0 Å². The van der Waals surface area contributed by atoms with E-state index in [0.717, 1.165) is 12.8 Å². The molecule has 3 rings (SSSR count). The van der Waals surface area contributed by atoms with Gasteiger partial charge in [-0.2, -0.15) is 4.98 Å². The zero-order chi connectivity index (χ0) is 14.7. The SMILES string of the molecule is O=C(NCc1noc(C2CCCC2)n1)c1ccc(F)cc1. The Morgan fingerprint density at radius 3 is 2.71 bits per heavy atom. The molecule has 110 valence electrons. The number of nitrogens with one attached hydrogen (secondary N) is 1. The van der Waals surface area contributed by atoms with Gasteiger partial charge in [-0.3, -0.25) is 4.79 Å². The molecule has 1 saturated carbocycles. The van der Waals surface area contributed by atoms with Crippen molar-refractivity contribution in [2.75, 3.05) is 0 Å². The Hall–Kier alpha value is -2.24. The number of amides is 1. The Balaban J connectivity index is 1.57. The fraction of sp³-hybridized carbons (Fsp3) is 0.400. The quantitative estimate of drug-likeness (QED) is 0.939. The van der Waals surface area contributed by atoms with E-state index in [9.17, 15) is 9.18 Å². The van der Waals surface area contributed by atoms with Crippen LogP contribution in [0.3, 0.4) is 0 Å². The number of aromatic nitrogens is 2. The summed E-state index contributed by atoms with van der Waals surface area (Å²) in [6, 6.07) is 5.37. The van der Waals surface area contributed by atoms with Crippen LogP contribution in [0, 0.1) is 5.82 Å². The van der Waals surface area contributed by atoms with E-state index >= 15 is 0 Å². The minimum Gasteiger partial charge on any atom is -0.345 e. The molecule has 0 radical (unpaired) electrons. The first-order valence-electron chi connectivity index (χ1n) is 7.08. The normalized spacial score (nSPS) is 15.3. The van der Waals surface area contributed by atoms with Gasteiger partial charge >= 0.3 is 0 Å². The zero-order valence-corrected chi connectivity index (χ0v) is 11.5. The Morgan fingerprint density at radius 1 is 1.29 bits per heavy atom. The molecule has 2 aromatic rings. The van der Waals surface area contributed by atoms with Crippen LogP contribution in [-0.2, 0) is 6.54 Å². The van der Waals surface area contributed by atoms with Crippen LogP contribution in [0.5, 0.6) is 0 Å². The van der Waals surface area contributed by atoms with E-state index in [4.69, 9.17) is 4.52 Å². The van der Waals surface area contributed by atoms with E-state index in [1.54, 1.807) is 0 Å². The summed E-state index contributed by atoms with van der Waals surface area (Å²) in [5.41, 5.74) is 0.399. The smallest absolute Gasteiger partial charge is 0.251 e. The standard InChI is InChI=1S/C15H16FN3O2/c16-12-7-5-10(6-8-12)14(20)17-9-13-18-15(21-19-13)11-3-1-2-4-11/h5-8,11H,1-4,9H2,(H,17,20). The summed E-state index contributed by atoms with van der Waals surface area (Å²) in [7, 11) is 0. The summed E-state index contributed by atoms with van der Waals surface area (Å²) in [5.74, 6) is 0.832. The molecule has 6 heteroatoms. The van der Waals surface area contributed by atoms with Crippen molar-refractivity contribution < 1.29 is 13.7 Å². The zero-order valence-electron chi connectivity index (χ0n) is 11.5. The minimum absolute atomic E-state index is 0.201. The molecule has 1 aromatic heterocycles. The monoisotopic (exact) mass is 289 g/mol. The Bertz CT molecular complexity index is 618. The van der Waals surface area contributed by atoms with Crippen LogP contribution in [0.4, 0.5) is 4.39 Å². The van der Waals surface area contributed by atoms with Gasteiger partial charge in [-0.1, -0.05) is 18.0 Å². The van der Waals surface area contributed by atoms with Crippen LogP contribution in [-0.4, -0.2) is 16.0 Å². The fourth-order valence-corrected chi connectivity index (χ4v) is 2.54. The van der Waals surface area contributed by atoms with Gasteiger partial charge < -0.3 is 9.84 Å². The third-order valence-corrected chi connectivity index (χ3v) is 3.70. The van der Waals surface area contributed by atoms with Gasteiger partial charge in [0.2, 0.25) is 5.89 Å². The number of hydrogen-bond donors (Lipinski definition) is 1. The first kappa shape index (κ1) is 13.7. The largest absolute Gasteiger partial charge is 0.345 e. The summed E-state index contributed by atoms with van der Waals surface area (Å²) in [5, 5.41) is 6.57. The van der Waals surface area contributed by atoms with Crippen molar-refractivity contribution >= 4 is 5.91 Å². The summed E-state index contributed by atoms with van der Waals surface area (Å²) < 4.78 is 18.0. The molecule has 1 aromatic carbocycles. The Kier molecular flexibility index (Phi) is 3.94. The van der Waals surface area contributed by atoms with Crippen molar-refractivity contribution in [1.82, 2.24) is 15.5 Å². The van der Waals surface area contributed by atoms with Gasteiger partial charge in [-0.15, -0.1) is 0 Å². The fourth-order valence-electron chi connectivity index (χ4n) is 2.54. The summed E-state index contributed by atoms with van der Waals surface area (Å²) >= 11 is 0. The highest BCUT2D eigenvalue weighted by molar-refractivity contribution is 5.94. The van der Waals surface area contributed by atoms with E-state index in [2.05, 4.69) is 15.5 Å². The summed E-state index contributed by atoms with van der Waals surface area (Å²) in [6.07, 6.45) is 4.57. The molecule has 21 heavy (non-hydrogen) atoms. The van der Waals surface area contributed by atoms with Gasteiger partial charge in [0.05, 0.1) is 6.54 Å². The van der Waals surface area contributed by atoms with E-state index in [-0.39, 0.29) is 18.3 Å². The molecular formula is C15H16FN3O2.